The summed E-state index contributed by atoms with van der Waals surface area (Å²) < 4.78 is 48.7. The lowest BCUT2D eigenvalue weighted by Gasteiger charge is -2.50. The molecule has 0 spiro atoms. The van der Waals surface area contributed by atoms with Crippen LogP contribution in [-0.2, 0) is 9.84 Å². The molecule has 0 amide bonds. The van der Waals surface area contributed by atoms with Crippen molar-refractivity contribution in [2.45, 2.75) is 30.1 Å². The second-order valence-corrected chi connectivity index (χ2v) is 7.27. The van der Waals surface area contributed by atoms with Gasteiger partial charge in [0, 0.05) is 13.1 Å². The fourth-order valence-corrected chi connectivity index (χ4v) is 3.15. The molecule has 0 saturated carbocycles. The summed E-state index contributed by atoms with van der Waals surface area (Å²) in [5.41, 5.74) is -0.681. The maximum Gasteiger partial charge on any atom is 0.341 e. The molecule has 7 heteroatoms. The molecule has 1 saturated heterocycles. The topological polar surface area (TPSA) is 57.6 Å². The van der Waals surface area contributed by atoms with E-state index >= 15 is 0 Å². The van der Waals surface area contributed by atoms with Crippen LogP contribution in [-0.4, -0.2) is 38.0 Å². The Morgan fingerprint density at radius 2 is 1.80 bits per heavy atom. The fraction of sp³-hybridized carbons (Fsp3) is 0.538. The molecule has 0 aromatic heterocycles. The molecule has 4 nitrogen and oxygen atoms in total. The third kappa shape index (κ3) is 2.40. The summed E-state index contributed by atoms with van der Waals surface area (Å²) in [7, 11) is -4.64. The fourth-order valence-electron chi connectivity index (χ4n) is 2.21. The third-order valence-electron chi connectivity index (χ3n) is 3.75. The molecule has 1 N–H and O–H groups in total. The van der Waals surface area contributed by atoms with E-state index in [0.717, 1.165) is 0 Å². The average Bonchev–Trinajstić information content (AvgIpc) is 2.34. The first kappa shape index (κ1) is 15.2. The smallest absolute Gasteiger partial charge is 0.341 e. The van der Waals surface area contributed by atoms with E-state index in [1.54, 1.807) is 11.0 Å². The molecule has 1 aromatic carbocycles. The predicted octanol–water partition coefficient (Wildman–Crippen LogP) is 1.89. The second kappa shape index (κ2) is 4.96. The van der Waals surface area contributed by atoms with E-state index in [4.69, 9.17) is 0 Å². The molecular formula is C13H17F2NO3S. The quantitative estimate of drug-likeness (QED) is 0.923. The molecule has 20 heavy (non-hydrogen) atoms. The summed E-state index contributed by atoms with van der Waals surface area (Å²) in [4.78, 5) is 1.22. The highest BCUT2D eigenvalue weighted by atomic mass is 32.2. The number of para-hydroxylation sites is 1. The summed E-state index contributed by atoms with van der Waals surface area (Å²) in [6.07, 6.45) is 0. The molecule has 2 rings (SSSR count). The molecule has 0 aliphatic carbocycles. The number of hydrogen-bond donors (Lipinski definition) is 1. The Balaban J connectivity index is 2.33. The van der Waals surface area contributed by atoms with Crippen molar-refractivity contribution in [2.75, 3.05) is 18.0 Å². The minimum atomic E-state index is -4.64. The van der Waals surface area contributed by atoms with Crippen LogP contribution in [0.4, 0.5) is 14.5 Å². The number of rotatable bonds is 4. The van der Waals surface area contributed by atoms with Gasteiger partial charge in [-0.05, 0) is 18.1 Å². The highest BCUT2D eigenvalue weighted by Gasteiger charge is 2.45. The number of alkyl halides is 2. The molecular weight excluding hydrogens is 288 g/mol. The maximum atomic E-state index is 12.7. The lowest BCUT2D eigenvalue weighted by Crippen LogP contribution is -2.65. The van der Waals surface area contributed by atoms with E-state index in [-0.39, 0.29) is 29.6 Å². The van der Waals surface area contributed by atoms with E-state index in [1.165, 1.54) is 18.2 Å². The number of benzene rings is 1. The first-order valence-corrected chi connectivity index (χ1v) is 7.81. The number of sulfone groups is 1. The van der Waals surface area contributed by atoms with Crippen LogP contribution in [0.1, 0.15) is 13.8 Å². The highest BCUT2D eigenvalue weighted by molar-refractivity contribution is 7.91. The SMILES string of the molecule is CC(C)C1(O)CN(c2ccccc2S(=O)(=O)C(F)F)C1. The maximum absolute atomic E-state index is 12.7. The largest absolute Gasteiger partial charge is 0.386 e. The van der Waals surface area contributed by atoms with Crippen LogP contribution in [0.15, 0.2) is 29.2 Å². The Bertz CT molecular complexity index is 595. The van der Waals surface area contributed by atoms with Crippen LogP contribution >= 0.6 is 0 Å². The van der Waals surface area contributed by atoms with Crippen LogP contribution in [0.2, 0.25) is 0 Å². The van der Waals surface area contributed by atoms with Gasteiger partial charge in [0.2, 0.25) is 9.84 Å². The highest BCUT2D eigenvalue weighted by Crippen LogP contribution is 2.37. The zero-order chi connectivity index (χ0) is 15.1. The number of anilines is 1. The van der Waals surface area contributed by atoms with Gasteiger partial charge >= 0.3 is 5.76 Å². The van der Waals surface area contributed by atoms with E-state index in [0.29, 0.717) is 0 Å². The molecule has 1 aliphatic rings. The number of β-amino-alcohol motifs (C(OH)–C–C–N with tert-alkyl or cyclic N) is 1. The molecule has 1 aliphatic heterocycles. The number of aliphatic hydroxyl groups is 1. The van der Waals surface area contributed by atoms with E-state index < -0.39 is 21.2 Å². The van der Waals surface area contributed by atoms with Gasteiger partial charge in [0.15, 0.2) is 0 Å². The monoisotopic (exact) mass is 305 g/mol. The lowest BCUT2D eigenvalue weighted by atomic mass is 9.82. The van der Waals surface area contributed by atoms with Crippen LogP contribution < -0.4 is 4.90 Å². The Labute approximate surface area is 116 Å². The van der Waals surface area contributed by atoms with Crippen molar-refractivity contribution in [1.82, 2.24) is 0 Å². The van der Waals surface area contributed by atoms with Crippen molar-refractivity contribution < 1.29 is 22.3 Å². The van der Waals surface area contributed by atoms with Crippen molar-refractivity contribution in [2.24, 2.45) is 5.92 Å². The Kier molecular flexibility index (Phi) is 3.77. The van der Waals surface area contributed by atoms with Crippen LogP contribution in [0, 0.1) is 5.92 Å². The lowest BCUT2D eigenvalue weighted by molar-refractivity contribution is -0.0303. The second-order valence-electron chi connectivity index (χ2n) is 5.39. The van der Waals surface area contributed by atoms with Crippen molar-refractivity contribution >= 4 is 15.5 Å². The Hall–Kier alpha value is -1.21. The van der Waals surface area contributed by atoms with Gasteiger partial charge in [0.1, 0.15) is 5.60 Å². The van der Waals surface area contributed by atoms with Crippen molar-refractivity contribution in [1.29, 1.82) is 0 Å². The summed E-state index contributed by atoms with van der Waals surface area (Å²) in [5.74, 6) is -3.44. The molecule has 0 atom stereocenters. The molecule has 112 valence electrons. The van der Waals surface area contributed by atoms with Crippen LogP contribution in [0.25, 0.3) is 0 Å². The molecule has 1 heterocycles. The third-order valence-corrected chi connectivity index (χ3v) is 5.18. The zero-order valence-electron chi connectivity index (χ0n) is 11.3. The minimum absolute atomic E-state index is 0.0117. The van der Waals surface area contributed by atoms with Crippen molar-refractivity contribution in [3.8, 4) is 0 Å². The summed E-state index contributed by atoms with van der Waals surface area (Å²) in [6, 6.07) is 5.65. The van der Waals surface area contributed by atoms with E-state index in [2.05, 4.69) is 0 Å². The summed E-state index contributed by atoms with van der Waals surface area (Å²) >= 11 is 0. The number of hydrogen-bond acceptors (Lipinski definition) is 4. The number of halogens is 2. The number of nitrogens with zero attached hydrogens (tertiary/aromatic N) is 1. The van der Waals surface area contributed by atoms with Gasteiger partial charge in [-0.3, -0.25) is 0 Å². The Morgan fingerprint density at radius 1 is 1.25 bits per heavy atom. The molecule has 0 bridgehead atoms. The van der Waals surface area contributed by atoms with E-state index in [9.17, 15) is 22.3 Å². The van der Waals surface area contributed by atoms with Crippen LogP contribution in [0.3, 0.4) is 0 Å². The first-order valence-electron chi connectivity index (χ1n) is 6.27. The van der Waals surface area contributed by atoms with Crippen molar-refractivity contribution in [3.05, 3.63) is 24.3 Å². The molecule has 1 aromatic rings. The van der Waals surface area contributed by atoms with Gasteiger partial charge in [0.05, 0.1) is 10.6 Å². The van der Waals surface area contributed by atoms with Gasteiger partial charge < -0.3 is 10.0 Å². The summed E-state index contributed by atoms with van der Waals surface area (Å²) in [6.45, 7) is 4.19. The first-order chi connectivity index (χ1) is 9.18. The molecule has 0 radical (unpaired) electrons. The minimum Gasteiger partial charge on any atom is -0.386 e. The van der Waals surface area contributed by atoms with Gasteiger partial charge in [0.25, 0.3) is 0 Å². The normalized spacial score (nSPS) is 18.4. The standard InChI is InChI=1S/C13H17F2NO3S/c1-9(2)13(17)7-16(8-13)10-5-3-4-6-11(10)20(18,19)12(14)15/h3-6,9,12,17H,7-8H2,1-2H3. The predicted molar refractivity (Wildman–Crippen MR) is 71.6 cm³/mol. The van der Waals surface area contributed by atoms with Gasteiger partial charge in [-0.15, -0.1) is 0 Å². The van der Waals surface area contributed by atoms with Gasteiger partial charge in [-0.2, -0.15) is 8.78 Å². The zero-order valence-corrected chi connectivity index (χ0v) is 12.1. The Morgan fingerprint density at radius 3 is 2.30 bits per heavy atom. The van der Waals surface area contributed by atoms with Crippen molar-refractivity contribution in [3.63, 3.8) is 0 Å². The average molecular weight is 305 g/mol. The van der Waals surface area contributed by atoms with Gasteiger partial charge in [-0.25, -0.2) is 8.42 Å². The molecule has 0 unspecified atom stereocenters. The molecule has 1 fully saturated rings. The van der Waals surface area contributed by atoms with Gasteiger partial charge in [-0.1, -0.05) is 26.0 Å². The van der Waals surface area contributed by atoms with E-state index in [1.807, 2.05) is 13.8 Å². The van der Waals surface area contributed by atoms with Crippen LogP contribution in [0.5, 0.6) is 0 Å². The summed E-state index contributed by atoms with van der Waals surface area (Å²) in [5, 5.41) is 10.2.